The van der Waals surface area contributed by atoms with E-state index in [0.717, 1.165) is 17.7 Å². The van der Waals surface area contributed by atoms with Crippen molar-refractivity contribution < 1.29 is 9.84 Å². The SMILES string of the molecule is CCCOc1ccc(C(O)c2cncnc2)cc1. The van der Waals surface area contributed by atoms with Gasteiger partial charge in [-0.05, 0) is 24.1 Å². The number of hydrogen-bond donors (Lipinski definition) is 1. The maximum atomic E-state index is 10.1. The molecule has 4 nitrogen and oxygen atoms in total. The van der Waals surface area contributed by atoms with Gasteiger partial charge in [-0.1, -0.05) is 19.1 Å². The van der Waals surface area contributed by atoms with E-state index in [1.807, 2.05) is 24.3 Å². The summed E-state index contributed by atoms with van der Waals surface area (Å²) in [6.07, 6.45) is 4.94. The highest BCUT2D eigenvalue weighted by atomic mass is 16.5. The molecule has 1 unspecified atom stereocenters. The maximum Gasteiger partial charge on any atom is 0.119 e. The van der Waals surface area contributed by atoms with E-state index in [0.29, 0.717) is 12.2 Å². The Morgan fingerprint density at radius 3 is 2.39 bits per heavy atom. The van der Waals surface area contributed by atoms with Crippen molar-refractivity contribution in [2.45, 2.75) is 19.4 Å². The highest BCUT2D eigenvalue weighted by Crippen LogP contribution is 2.22. The van der Waals surface area contributed by atoms with Gasteiger partial charge in [-0.2, -0.15) is 0 Å². The number of nitrogens with zero attached hydrogens (tertiary/aromatic N) is 2. The molecule has 2 rings (SSSR count). The van der Waals surface area contributed by atoms with Gasteiger partial charge >= 0.3 is 0 Å². The second kappa shape index (κ2) is 6.12. The molecular formula is C14H16N2O2. The maximum absolute atomic E-state index is 10.1. The zero-order valence-corrected chi connectivity index (χ0v) is 10.3. The molecule has 1 N–H and O–H groups in total. The fourth-order valence-corrected chi connectivity index (χ4v) is 1.61. The van der Waals surface area contributed by atoms with E-state index in [4.69, 9.17) is 4.74 Å². The van der Waals surface area contributed by atoms with Gasteiger partial charge in [0.05, 0.1) is 6.61 Å². The monoisotopic (exact) mass is 244 g/mol. The summed E-state index contributed by atoms with van der Waals surface area (Å²) < 4.78 is 5.49. The Morgan fingerprint density at radius 2 is 1.78 bits per heavy atom. The zero-order chi connectivity index (χ0) is 12.8. The summed E-state index contributed by atoms with van der Waals surface area (Å²) in [7, 11) is 0. The zero-order valence-electron chi connectivity index (χ0n) is 10.3. The lowest BCUT2D eigenvalue weighted by Gasteiger charge is -2.11. The summed E-state index contributed by atoms with van der Waals surface area (Å²) in [4.78, 5) is 7.79. The van der Waals surface area contributed by atoms with Crippen molar-refractivity contribution in [1.82, 2.24) is 9.97 Å². The van der Waals surface area contributed by atoms with Gasteiger partial charge in [-0.15, -0.1) is 0 Å². The van der Waals surface area contributed by atoms with E-state index < -0.39 is 6.10 Å². The molecule has 0 amide bonds. The van der Waals surface area contributed by atoms with E-state index >= 15 is 0 Å². The fraction of sp³-hybridized carbons (Fsp3) is 0.286. The molecule has 0 spiro atoms. The molecule has 0 aliphatic rings. The fourth-order valence-electron chi connectivity index (χ4n) is 1.61. The van der Waals surface area contributed by atoms with Gasteiger partial charge in [0, 0.05) is 18.0 Å². The summed E-state index contributed by atoms with van der Waals surface area (Å²) in [5, 5.41) is 10.1. The van der Waals surface area contributed by atoms with Crippen molar-refractivity contribution >= 4 is 0 Å². The van der Waals surface area contributed by atoms with Crippen molar-refractivity contribution in [1.29, 1.82) is 0 Å². The predicted molar refractivity (Wildman–Crippen MR) is 68.3 cm³/mol. The van der Waals surface area contributed by atoms with Crippen LogP contribution in [0.2, 0.25) is 0 Å². The van der Waals surface area contributed by atoms with Gasteiger partial charge in [0.15, 0.2) is 0 Å². The van der Waals surface area contributed by atoms with Crippen molar-refractivity contribution in [2.24, 2.45) is 0 Å². The minimum Gasteiger partial charge on any atom is -0.494 e. The van der Waals surface area contributed by atoms with Gasteiger partial charge in [-0.3, -0.25) is 0 Å². The molecule has 4 heteroatoms. The van der Waals surface area contributed by atoms with E-state index in [2.05, 4.69) is 16.9 Å². The molecule has 18 heavy (non-hydrogen) atoms. The first-order valence-electron chi connectivity index (χ1n) is 5.97. The van der Waals surface area contributed by atoms with Crippen LogP contribution in [0.1, 0.15) is 30.6 Å². The lowest BCUT2D eigenvalue weighted by Crippen LogP contribution is -2.01. The molecule has 0 aliphatic heterocycles. The number of benzene rings is 1. The molecule has 1 aromatic heterocycles. The van der Waals surface area contributed by atoms with Crippen LogP contribution in [0.25, 0.3) is 0 Å². The average Bonchev–Trinajstić information content (AvgIpc) is 2.46. The van der Waals surface area contributed by atoms with Gasteiger partial charge in [0.1, 0.15) is 18.2 Å². The molecule has 1 aromatic carbocycles. The second-order valence-electron chi connectivity index (χ2n) is 3.99. The van der Waals surface area contributed by atoms with Crippen LogP contribution in [-0.2, 0) is 0 Å². The average molecular weight is 244 g/mol. The van der Waals surface area contributed by atoms with E-state index in [1.165, 1.54) is 6.33 Å². The number of aromatic nitrogens is 2. The van der Waals surface area contributed by atoms with Crippen LogP contribution in [0.4, 0.5) is 0 Å². The third-order valence-electron chi connectivity index (χ3n) is 2.56. The summed E-state index contributed by atoms with van der Waals surface area (Å²) in [5.41, 5.74) is 1.48. The number of aliphatic hydroxyl groups excluding tert-OH is 1. The first-order valence-corrected chi connectivity index (χ1v) is 5.97. The third-order valence-corrected chi connectivity index (χ3v) is 2.56. The highest BCUT2D eigenvalue weighted by molar-refractivity contribution is 5.32. The largest absolute Gasteiger partial charge is 0.494 e. The smallest absolute Gasteiger partial charge is 0.119 e. The minimum atomic E-state index is -0.702. The summed E-state index contributed by atoms with van der Waals surface area (Å²) in [6.45, 7) is 2.77. The molecule has 94 valence electrons. The normalized spacial score (nSPS) is 12.1. The predicted octanol–water partition coefficient (Wildman–Crippen LogP) is 2.35. The molecule has 0 aliphatic carbocycles. The summed E-state index contributed by atoms with van der Waals surface area (Å²) in [5.74, 6) is 0.817. The lowest BCUT2D eigenvalue weighted by atomic mass is 10.0. The van der Waals surface area contributed by atoms with Gasteiger partial charge in [0.25, 0.3) is 0 Å². The molecule has 2 aromatic rings. The molecule has 0 fully saturated rings. The Hall–Kier alpha value is -1.94. The Balaban J connectivity index is 2.09. The van der Waals surface area contributed by atoms with Gasteiger partial charge in [-0.25, -0.2) is 9.97 Å². The van der Waals surface area contributed by atoms with Crippen molar-refractivity contribution in [3.8, 4) is 5.75 Å². The standard InChI is InChI=1S/C14H16N2O2/c1-2-7-18-13-5-3-11(4-6-13)14(17)12-8-15-10-16-9-12/h3-6,8-10,14,17H,2,7H2,1H3. The van der Waals surface area contributed by atoms with E-state index in [-0.39, 0.29) is 0 Å². The third kappa shape index (κ3) is 3.05. The van der Waals surface area contributed by atoms with Crippen LogP contribution in [-0.4, -0.2) is 21.7 Å². The van der Waals surface area contributed by atoms with Gasteiger partial charge < -0.3 is 9.84 Å². The van der Waals surface area contributed by atoms with Crippen molar-refractivity contribution in [3.05, 3.63) is 54.1 Å². The minimum absolute atomic E-state index is 0.680. The van der Waals surface area contributed by atoms with Crippen LogP contribution in [0, 0.1) is 0 Å². The Morgan fingerprint density at radius 1 is 1.11 bits per heavy atom. The van der Waals surface area contributed by atoms with Gasteiger partial charge in [0.2, 0.25) is 0 Å². The summed E-state index contributed by atoms with van der Waals surface area (Å²) in [6, 6.07) is 7.42. The first-order chi connectivity index (χ1) is 8.81. The molecule has 0 saturated carbocycles. The highest BCUT2D eigenvalue weighted by Gasteiger charge is 2.10. The number of aliphatic hydroxyl groups is 1. The van der Waals surface area contributed by atoms with Crippen molar-refractivity contribution in [2.75, 3.05) is 6.61 Å². The van der Waals surface area contributed by atoms with Crippen LogP contribution in [0.15, 0.2) is 43.0 Å². The van der Waals surface area contributed by atoms with Crippen LogP contribution < -0.4 is 4.74 Å². The molecular weight excluding hydrogens is 228 g/mol. The molecule has 0 bridgehead atoms. The Bertz CT molecular complexity index is 471. The summed E-state index contributed by atoms with van der Waals surface area (Å²) >= 11 is 0. The quantitative estimate of drug-likeness (QED) is 0.877. The molecule has 0 saturated heterocycles. The number of ether oxygens (including phenoxy) is 1. The topological polar surface area (TPSA) is 55.2 Å². The van der Waals surface area contributed by atoms with Crippen LogP contribution in [0.3, 0.4) is 0 Å². The number of rotatable bonds is 5. The number of hydrogen-bond acceptors (Lipinski definition) is 4. The Kier molecular flexibility index (Phi) is 4.25. The van der Waals surface area contributed by atoms with Crippen LogP contribution in [0.5, 0.6) is 5.75 Å². The Labute approximate surface area is 106 Å². The lowest BCUT2D eigenvalue weighted by molar-refractivity contribution is 0.219. The second-order valence-corrected chi connectivity index (χ2v) is 3.99. The molecule has 0 radical (unpaired) electrons. The first kappa shape index (κ1) is 12.5. The van der Waals surface area contributed by atoms with Crippen molar-refractivity contribution in [3.63, 3.8) is 0 Å². The van der Waals surface area contributed by atoms with Crippen LogP contribution >= 0.6 is 0 Å². The van der Waals surface area contributed by atoms with E-state index in [9.17, 15) is 5.11 Å². The molecule has 1 atom stereocenters. The van der Waals surface area contributed by atoms with E-state index in [1.54, 1.807) is 12.4 Å². The molecule has 1 heterocycles.